The fraction of sp³-hybridized carbons (Fsp3) is 0.412. The minimum absolute atomic E-state index is 0.252. The average Bonchev–Trinajstić information content (AvgIpc) is 2.85. The fourth-order valence-corrected chi connectivity index (χ4v) is 2.88. The highest BCUT2D eigenvalue weighted by Crippen LogP contribution is 2.30. The average molecular weight is 270 g/mol. The second kappa shape index (κ2) is 5.81. The highest BCUT2D eigenvalue weighted by atomic mass is 16.3. The van der Waals surface area contributed by atoms with Crippen LogP contribution >= 0.6 is 0 Å². The van der Waals surface area contributed by atoms with E-state index >= 15 is 0 Å². The van der Waals surface area contributed by atoms with Crippen molar-refractivity contribution in [2.75, 3.05) is 13.1 Å². The summed E-state index contributed by atoms with van der Waals surface area (Å²) in [6, 6.07) is 8.56. The van der Waals surface area contributed by atoms with Crippen molar-refractivity contribution in [1.29, 1.82) is 0 Å². The maximum Gasteiger partial charge on any atom is 0.0529 e. The normalized spacial score (nSPS) is 17.2. The molecule has 0 saturated carbocycles. The molecule has 0 spiro atoms. The van der Waals surface area contributed by atoms with Crippen molar-refractivity contribution in [2.45, 2.75) is 32.4 Å². The SMILES string of the molecule is CC(O)CCn1cc(C2=CCNCC2)c2ccccc21. The maximum atomic E-state index is 9.51. The lowest BCUT2D eigenvalue weighted by Gasteiger charge is -2.13. The number of fused-ring (bicyclic) bond motifs is 1. The number of rotatable bonds is 4. The Bertz CT molecular complexity index is 625. The zero-order valence-corrected chi connectivity index (χ0v) is 12.0. The largest absolute Gasteiger partial charge is 0.393 e. The predicted molar refractivity (Wildman–Crippen MR) is 83.7 cm³/mol. The lowest BCUT2D eigenvalue weighted by Crippen LogP contribution is -2.19. The molecule has 1 atom stereocenters. The summed E-state index contributed by atoms with van der Waals surface area (Å²) in [5.74, 6) is 0. The molecule has 0 amide bonds. The van der Waals surface area contributed by atoms with E-state index in [2.05, 4.69) is 46.4 Å². The number of nitrogens with one attached hydrogen (secondary N) is 1. The van der Waals surface area contributed by atoms with Crippen molar-refractivity contribution in [3.63, 3.8) is 0 Å². The van der Waals surface area contributed by atoms with Crippen LogP contribution in [0.3, 0.4) is 0 Å². The van der Waals surface area contributed by atoms with Crippen molar-refractivity contribution in [3.8, 4) is 0 Å². The van der Waals surface area contributed by atoms with Crippen LogP contribution in [0.2, 0.25) is 0 Å². The number of aryl methyl sites for hydroxylation is 1. The van der Waals surface area contributed by atoms with Gasteiger partial charge in [0.2, 0.25) is 0 Å². The van der Waals surface area contributed by atoms with Gasteiger partial charge in [-0.1, -0.05) is 24.3 Å². The van der Waals surface area contributed by atoms with Crippen LogP contribution in [0.4, 0.5) is 0 Å². The van der Waals surface area contributed by atoms with E-state index in [1.165, 1.54) is 22.0 Å². The molecule has 0 bridgehead atoms. The summed E-state index contributed by atoms with van der Waals surface area (Å²) < 4.78 is 2.28. The first kappa shape index (κ1) is 13.4. The van der Waals surface area contributed by atoms with Gasteiger partial charge in [0.15, 0.2) is 0 Å². The minimum atomic E-state index is -0.252. The monoisotopic (exact) mass is 270 g/mol. The topological polar surface area (TPSA) is 37.2 Å². The summed E-state index contributed by atoms with van der Waals surface area (Å²) in [6.45, 7) is 4.73. The molecule has 3 heteroatoms. The third-order valence-corrected chi connectivity index (χ3v) is 3.99. The second-order valence-electron chi connectivity index (χ2n) is 5.57. The van der Waals surface area contributed by atoms with Gasteiger partial charge >= 0.3 is 0 Å². The Morgan fingerprint density at radius 1 is 1.35 bits per heavy atom. The number of hydrogen-bond acceptors (Lipinski definition) is 2. The van der Waals surface area contributed by atoms with Crippen molar-refractivity contribution in [1.82, 2.24) is 9.88 Å². The zero-order valence-electron chi connectivity index (χ0n) is 12.0. The first-order valence-corrected chi connectivity index (χ1v) is 7.42. The Labute approximate surface area is 119 Å². The van der Waals surface area contributed by atoms with Crippen LogP contribution in [0.1, 0.15) is 25.3 Å². The van der Waals surface area contributed by atoms with Gasteiger partial charge < -0.3 is 15.0 Å². The number of hydrogen-bond donors (Lipinski definition) is 2. The van der Waals surface area contributed by atoms with Crippen LogP contribution in [0.25, 0.3) is 16.5 Å². The number of nitrogens with zero attached hydrogens (tertiary/aromatic N) is 1. The van der Waals surface area contributed by atoms with Gasteiger partial charge in [-0.2, -0.15) is 0 Å². The zero-order chi connectivity index (χ0) is 13.9. The van der Waals surface area contributed by atoms with Gasteiger partial charge in [-0.05, 0) is 37.9 Å². The van der Waals surface area contributed by atoms with Crippen LogP contribution < -0.4 is 5.32 Å². The molecule has 2 N–H and O–H groups in total. The summed E-state index contributed by atoms with van der Waals surface area (Å²) in [6.07, 6.45) is 6.18. The number of aliphatic hydroxyl groups is 1. The first-order valence-electron chi connectivity index (χ1n) is 7.42. The summed E-state index contributed by atoms with van der Waals surface area (Å²) in [5, 5.41) is 14.2. The molecule has 106 valence electrons. The number of aromatic nitrogens is 1. The molecule has 1 aromatic carbocycles. The third-order valence-electron chi connectivity index (χ3n) is 3.99. The van der Waals surface area contributed by atoms with E-state index < -0.39 is 0 Å². The molecule has 1 aliphatic rings. The molecule has 1 aliphatic heterocycles. The summed E-state index contributed by atoms with van der Waals surface area (Å²) in [4.78, 5) is 0. The number of para-hydroxylation sites is 1. The summed E-state index contributed by atoms with van der Waals surface area (Å²) >= 11 is 0. The Morgan fingerprint density at radius 2 is 2.20 bits per heavy atom. The molecular weight excluding hydrogens is 248 g/mol. The van der Waals surface area contributed by atoms with E-state index in [0.717, 1.165) is 32.5 Å². The maximum absolute atomic E-state index is 9.51. The van der Waals surface area contributed by atoms with Gasteiger partial charge in [0.25, 0.3) is 0 Å². The Morgan fingerprint density at radius 3 is 2.95 bits per heavy atom. The highest BCUT2D eigenvalue weighted by molar-refractivity contribution is 5.93. The quantitative estimate of drug-likeness (QED) is 0.896. The van der Waals surface area contributed by atoms with Crippen LogP contribution in [0.5, 0.6) is 0 Å². The molecule has 2 aromatic rings. The van der Waals surface area contributed by atoms with Crippen molar-refractivity contribution >= 4 is 16.5 Å². The van der Waals surface area contributed by atoms with Crippen molar-refractivity contribution < 1.29 is 5.11 Å². The number of benzene rings is 1. The lowest BCUT2D eigenvalue weighted by atomic mass is 10.00. The van der Waals surface area contributed by atoms with E-state index in [9.17, 15) is 5.11 Å². The van der Waals surface area contributed by atoms with E-state index in [-0.39, 0.29) is 6.10 Å². The molecule has 1 unspecified atom stereocenters. The third kappa shape index (κ3) is 2.65. The predicted octanol–water partition coefficient (Wildman–Crippen LogP) is 2.79. The summed E-state index contributed by atoms with van der Waals surface area (Å²) in [7, 11) is 0. The Hall–Kier alpha value is -1.58. The van der Waals surface area contributed by atoms with Crippen LogP contribution in [0, 0.1) is 0 Å². The Kier molecular flexibility index (Phi) is 3.90. The van der Waals surface area contributed by atoms with E-state index in [0.29, 0.717) is 0 Å². The van der Waals surface area contributed by atoms with Gasteiger partial charge in [-0.15, -0.1) is 0 Å². The fourth-order valence-electron chi connectivity index (χ4n) is 2.88. The number of aliphatic hydroxyl groups excluding tert-OH is 1. The van der Waals surface area contributed by atoms with E-state index in [4.69, 9.17) is 0 Å². The van der Waals surface area contributed by atoms with Gasteiger partial charge in [-0.3, -0.25) is 0 Å². The molecule has 0 fully saturated rings. The second-order valence-corrected chi connectivity index (χ2v) is 5.57. The summed E-state index contributed by atoms with van der Waals surface area (Å²) in [5.41, 5.74) is 4.06. The Balaban J connectivity index is 2.01. The van der Waals surface area contributed by atoms with Gasteiger partial charge in [-0.25, -0.2) is 0 Å². The molecule has 20 heavy (non-hydrogen) atoms. The molecule has 3 rings (SSSR count). The lowest BCUT2D eigenvalue weighted by molar-refractivity contribution is 0.178. The van der Waals surface area contributed by atoms with Gasteiger partial charge in [0.05, 0.1) is 6.10 Å². The molecule has 0 saturated heterocycles. The van der Waals surface area contributed by atoms with Crippen LogP contribution in [0.15, 0.2) is 36.5 Å². The van der Waals surface area contributed by atoms with E-state index in [1.807, 2.05) is 6.92 Å². The van der Waals surface area contributed by atoms with Gasteiger partial charge in [0.1, 0.15) is 0 Å². The molecule has 0 aliphatic carbocycles. The standard InChI is InChI=1S/C17H22N2O/c1-13(20)8-11-19-12-16(14-6-9-18-10-7-14)15-4-2-3-5-17(15)19/h2-6,12-13,18,20H,7-11H2,1H3. The van der Waals surface area contributed by atoms with Crippen molar-refractivity contribution in [3.05, 3.63) is 42.1 Å². The van der Waals surface area contributed by atoms with Gasteiger partial charge in [0, 0.05) is 35.8 Å². The minimum Gasteiger partial charge on any atom is -0.393 e. The molecule has 2 heterocycles. The molecule has 1 aromatic heterocycles. The molecule has 0 radical (unpaired) electrons. The first-order chi connectivity index (χ1) is 9.75. The van der Waals surface area contributed by atoms with Crippen molar-refractivity contribution in [2.24, 2.45) is 0 Å². The van der Waals surface area contributed by atoms with Crippen LogP contribution in [-0.2, 0) is 6.54 Å². The molecule has 3 nitrogen and oxygen atoms in total. The molecular formula is C17H22N2O. The smallest absolute Gasteiger partial charge is 0.0529 e. The highest BCUT2D eigenvalue weighted by Gasteiger charge is 2.13. The van der Waals surface area contributed by atoms with E-state index in [1.54, 1.807) is 0 Å². The van der Waals surface area contributed by atoms with Crippen LogP contribution in [-0.4, -0.2) is 28.9 Å².